The fourth-order valence-corrected chi connectivity index (χ4v) is 8.07. The van der Waals surface area contributed by atoms with Crippen LogP contribution in [0.25, 0.3) is 0 Å². The van der Waals surface area contributed by atoms with Gasteiger partial charge in [-0.15, -0.1) is 0 Å². The minimum absolute atomic E-state index is 0.0576. The first-order valence-electron chi connectivity index (χ1n) is 14.0. The predicted octanol–water partition coefficient (Wildman–Crippen LogP) is 7.84. The fraction of sp³-hybridized carbons (Fsp3) is 0.333. The molecule has 2 aromatic rings. The molecule has 2 saturated heterocycles. The van der Waals surface area contributed by atoms with Crippen molar-refractivity contribution >= 4 is 123 Å². The number of nitrogens with one attached hydrogen (secondary N) is 2. The van der Waals surface area contributed by atoms with Crippen LogP contribution in [-0.4, -0.2) is 55.2 Å². The molecule has 232 valence electrons. The van der Waals surface area contributed by atoms with Gasteiger partial charge in [0, 0.05) is 46.3 Å². The maximum atomic E-state index is 13.2. The summed E-state index contributed by atoms with van der Waals surface area (Å²) < 4.78 is 2.63. The highest BCUT2D eigenvalue weighted by Gasteiger charge is 2.41. The van der Waals surface area contributed by atoms with Crippen molar-refractivity contribution in [1.29, 1.82) is 0 Å². The molecular weight excluding hydrogens is 768 g/mol. The van der Waals surface area contributed by atoms with Crippen LogP contribution >= 0.6 is 79.8 Å². The second-order valence-corrected chi connectivity index (χ2v) is 15.2. The summed E-state index contributed by atoms with van der Waals surface area (Å²) in [6.07, 6.45) is 5.01. The predicted molar refractivity (Wildman–Crippen MR) is 193 cm³/mol. The van der Waals surface area contributed by atoms with Crippen LogP contribution in [0, 0.1) is 0 Å². The molecule has 8 nitrogen and oxygen atoms in total. The third-order valence-electron chi connectivity index (χ3n) is 6.69. The minimum Gasteiger partial charge on any atom is -0.326 e. The molecule has 0 aliphatic carbocycles. The van der Waals surface area contributed by atoms with Gasteiger partial charge in [-0.25, -0.2) is 0 Å². The summed E-state index contributed by atoms with van der Waals surface area (Å²) in [5, 5.41) is 5.76. The van der Waals surface area contributed by atoms with E-state index in [9.17, 15) is 19.2 Å². The van der Waals surface area contributed by atoms with Crippen LogP contribution in [0.3, 0.4) is 0 Å². The summed E-state index contributed by atoms with van der Waals surface area (Å²) in [5.74, 6) is -0.663. The Morgan fingerprint density at radius 1 is 0.659 bits per heavy atom. The first-order chi connectivity index (χ1) is 21.1. The van der Waals surface area contributed by atoms with Gasteiger partial charge >= 0.3 is 0 Å². The monoisotopic (exact) mass is 796 g/mol. The van der Waals surface area contributed by atoms with Crippen LogP contribution in [0.2, 0.25) is 0 Å². The Morgan fingerprint density at radius 3 is 1.45 bits per heavy atom. The summed E-state index contributed by atoms with van der Waals surface area (Å²) >= 11 is 20.0. The highest BCUT2D eigenvalue weighted by Crippen LogP contribution is 2.42. The third kappa shape index (κ3) is 9.95. The Hall–Kier alpha value is -2.10. The van der Waals surface area contributed by atoms with Gasteiger partial charge in [0.1, 0.15) is 8.64 Å². The Balaban J connectivity index is 1.17. The molecule has 0 unspecified atom stereocenters. The van der Waals surface area contributed by atoms with E-state index in [1.807, 2.05) is 48.5 Å². The number of hydrogen-bond acceptors (Lipinski definition) is 8. The standard InChI is InChI=1S/C30H30Br2N4O4S4/c31-19-9-7-11-21(17-19)33-23(37)13-3-1-5-15-35-27(39)25(43-29(35)41)26-28(40)36(30(42)44-26)16-6-2-4-14-24(38)34-22-12-8-10-20(32)18-22/h7-12,17-18H,1-6,13-16H2,(H,33,37)(H,34,38)/b26-25+. The van der Waals surface area contributed by atoms with Gasteiger partial charge in [-0.3, -0.25) is 29.0 Å². The van der Waals surface area contributed by atoms with Crippen LogP contribution in [0.5, 0.6) is 0 Å². The summed E-state index contributed by atoms with van der Waals surface area (Å²) in [5.41, 5.74) is 1.48. The molecule has 0 radical (unpaired) electrons. The molecule has 14 heteroatoms. The quantitative estimate of drug-likeness (QED) is 0.113. The second kappa shape index (κ2) is 17.0. The lowest BCUT2D eigenvalue weighted by Gasteiger charge is -2.14. The number of benzene rings is 2. The van der Waals surface area contributed by atoms with Crippen LogP contribution in [0.15, 0.2) is 67.3 Å². The van der Waals surface area contributed by atoms with E-state index in [-0.39, 0.29) is 23.6 Å². The molecule has 0 spiro atoms. The number of hydrogen-bond donors (Lipinski definition) is 2. The van der Waals surface area contributed by atoms with Crippen LogP contribution < -0.4 is 10.6 Å². The average molecular weight is 799 g/mol. The first kappa shape index (κ1) is 34.8. The maximum absolute atomic E-state index is 13.2. The highest BCUT2D eigenvalue weighted by molar-refractivity contribution is 9.10. The zero-order valence-corrected chi connectivity index (χ0v) is 30.0. The lowest BCUT2D eigenvalue weighted by Crippen LogP contribution is -2.31. The van der Waals surface area contributed by atoms with E-state index in [4.69, 9.17) is 24.4 Å². The number of thiocarbonyl (C=S) groups is 2. The minimum atomic E-state index is -0.274. The summed E-state index contributed by atoms with van der Waals surface area (Å²) in [6.45, 7) is 0.855. The number of amides is 4. The number of anilines is 2. The van der Waals surface area contributed by atoms with Gasteiger partial charge in [-0.2, -0.15) is 0 Å². The van der Waals surface area contributed by atoms with E-state index in [1.165, 1.54) is 9.80 Å². The lowest BCUT2D eigenvalue weighted by molar-refractivity contribution is -0.124. The van der Waals surface area contributed by atoms with Crippen molar-refractivity contribution in [2.75, 3.05) is 23.7 Å². The second-order valence-electron chi connectivity index (χ2n) is 10.0. The summed E-state index contributed by atoms with van der Waals surface area (Å²) in [4.78, 5) is 54.6. The molecule has 2 aromatic carbocycles. The van der Waals surface area contributed by atoms with Crippen molar-refractivity contribution in [3.63, 3.8) is 0 Å². The van der Waals surface area contributed by atoms with Crippen LogP contribution in [-0.2, 0) is 19.2 Å². The van der Waals surface area contributed by atoms with Crippen molar-refractivity contribution in [2.45, 2.75) is 51.4 Å². The number of thioether (sulfide) groups is 2. The topological polar surface area (TPSA) is 98.8 Å². The number of unbranched alkanes of at least 4 members (excludes halogenated alkanes) is 4. The van der Waals surface area contributed by atoms with E-state index in [1.54, 1.807) is 0 Å². The Morgan fingerprint density at radius 2 is 1.07 bits per heavy atom. The van der Waals surface area contributed by atoms with Gasteiger partial charge in [-0.05, 0) is 62.1 Å². The molecule has 2 heterocycles. The van der Waals surface area contributed by atoms with Crippen molar-refractivity contribution < 1.29 is 19.2 Å². The smallest absolute Gasteiger partial charge is 0.267 e. The molecule has 0 saturated carbocycles. The number of carbonyl (C=O) groups excluding carboxylic acids is 4. The zero-order valence-electron chi connectivity index (χ0n) is 23.6. The van der Waals surface area contributed by atoms with Gasteiger partial charge in [-0.1, -0.05) is 105 Å². The molecule has 44 heavy (non-hydrogen) atoms. The Bertz CT molecular complexity index is 1390. The number of rotatable bonds is 14. The first-order valence-corrected chi connectivity index (χ1v) is 18.1. The number of nitrogens with zero attached hydrogens (tertiary/aromatic N) is 2. The molecule has 2 N–H and O–H groups in total. The van der Waals surface area contributed by atoms with Crippen LogP contribution in [0.4, 0.5) is 11.4 Å². The van der Waals surface area contributed by atoms with E-state index in [0.29, 0.717) is 70.1 Å². The van der Waals surface area contributed by atoms with E-state index < -0.39 is 0 Å². The van der Waals surface area contributed by atoms with Crippen molar-refractivity contribution in [2.24, 2.45) is 0 Å². The van der Waals surface area contributed by atoms with Gasteiger partial charge in [0.25, 0.3) is 11.8 Å². The molecule has 0 bridgehead atoms. The van der Waals surface area contributed by atoms with Gasteiger partial charge in [0.2, 0.25) is 11.8 Å². The molecule has 2 aliphatic rings. The fourth-order valence-electron chi connectivity index (χ4n) is 4.50. The molecule has 2 fully saturated rings. The largest absolute Gasteiger partial charge is 0.326 e. The zero-order chi connectivity index (χ0) is 31.6. The molecule has 0 aromatic heterocycles. The molecule has 4 amide bonds. The van der Waals surface area contributed by atoms with E-state index in [0.717, 1.165) is 56.7 Å². The van der Waals surface area contributed by atoms with Crippen molar-refractivity contribution in [1.82, 2.24) is 9.80 Å². The SMILES string of the molecule is O=C(CCCCCN1C(=O)/C(=C2\SC(=S)N(CCCCCC(=O)Nc3cccc(Br)c3)C2=O)SC1=S)Nc1cccc(Br)c1. The normalized spacial score (nSPS) is 16.7. The highest BCUT2D eigenvalue weighted by atomic mass is 79.9. The Kier molecular flexibility index (Phi) is 13.4. The van der Waals surface area contributed by atoms with Crippen molar-refractivity contribution in [3.8, 4) is 0 Å². The molecule has 2 aliphatic heterocycles. The average Bonchev–Trinajstić information content (AvgIpc) is 3.41. The summed E-state index contributed by atoms with van der Waals surface area (Å²) in [6, 6.07) is 14.9. The maximum Gasteiger partial charge on any atom is 0.267 e. The van der Waals surface area contributed by atoms with E-state index >= 15 is 0 Å². The summed E-state index contributed by atoms with van der Waals surface area (Å²) in [7, 11) is 0. The van der Waals surface area contributed by atoms with Crippen LogP contribution in [0.1, 0.15) is 51.4 Å². The van der Waals surface area contributed by atoms with Gasteiger partial charge in [0.15, 0.2) is 0 Å². The molecule has 0 atom stereocenters. The lowest BCUT2D eigenvalue weighted by atomic mass is 10.1. The number of carbonyl (C=O) groups is 4. The third-order valence-corrected chi connectivity index (χ3v) is 10.7. The van der Waals surface area contributed by atoms with E-state index in [2.05, 4.69) is 42.5 Å². The van der Waals surface area contributed by atoms with Gasteiger partial charge in [0.05, 0.1) is 9.81 Å². The van der Waals surface area contributed by atoms with Crippen molar-refractivity contribution in [3.05, 3.63) is 67.3 Å². The number of halogens is 2. The Labute approximate surface area is 292 Å². The van der Waals surface area contributed by atoms with Gasteiger partial charge < -0.3 is 10.6 Å². The molecular formula is C30H30Br2N4O4S4. The molecule has 4 rings (SSSR count).